The second kappa shape index (κ2) is 4.92. The summed E-state index contributed by atoms with van der Waals surface area (Å²) >= 11 is 5.96. The molecular weight excluding hydrogens is 212 g/mol. The Morgan fingerprint density at radius 2 is 2.20 bits per heavy atom. The van der Waals surface area contributed by atoms with E-state index in [0.29, 0.717) is 11.7 Å². The van der Waals surface area contributed by atoms with Crippen LogP contribution in [0.1, 0.15) is 19.4 Å². The third kappa shape index (κ3) is 3.16. The number of aromatic nitrogens is 1. The van der Waals surface area contributed by atoms with E-state index in [2.05, 4.69) is 9.88 Å². The molecule has 0 spiro atoms. The lowest BCUT2D eigenvalue weighted by molar-refractivity contribution is 0.0733. The average Bonchev–Trinajstić information content (AvgIpc) is 2.21. The van der Waals surface area contributed by atoms with Gasteiger partial charge in [-0.25, -0.2) is 4.98 Å². The zero-order valence-corrected chi connectivity index (χ0v) is 10.1. The van der Waals surface area contributed by atoms with Gasteiger partial charge in [-0.2, -0.15) is 0 Å². The highest BCUT2D eigenvalue weighted by atomic mass is 35.5. The van der Waals surface area contributed by atoms with Crippen LogP contribution in [0.2, 0.25) is 5.15 Å². The number of aliphatic hydroxyl groups excluding tert-OH is 1. The van der Waals surface area contributed by atoms with Crippen LogP contribution in [0.5, 0.6) is 0 Å². The lowest BCUT2D eigenvalue weighted by atomic mass is 10.0. The quantitative estimate of drug-likeness (QED) is 0.801. The summed E-state index contributed by atoms with van der Waals surface area (Å²) in [6, 6.07) is 3.81. The van der Waals surface area contributed by atoms with E-state index in [9.17, 15) is 5.11 Å². The van der Waals surface area contributed by atoms with Crippen molar-refractivity contribution >= 4 is 11.6 Å². The highest BCUT2D eigenvalue weighted by molar-refractivity contribution is 6.30. The van der Waals surface area contributed by atoms with Gasteiger partial charge in [0.15, 0.2) is 0 Å². The molecule has 1 heterocycles. The van der Waals surface area contributed by atoms with Crippen molar-refractivity contribution in [2.75, 3.05) is 13.7 Å². The third-order valence-electron chi connectivity index (χ3n) is 2.66. The molecular formula is C11H17ClN2O. The minimum Gasteiger partial charge on any atom is -0.394 e. The molecule has 0 aliphatic carbocycles. The van der Waals surface area contributed by atoms with Crippen molar-refractivity contribution in [1.82, 2.24) is 9.88 Å². The minimum absolute atomic E-state index is 0.112. The Labute approximate surface area is 95.7 Å². The molecule has 0 aromatic carbocycles. The number of aliphatic hydroxyl groups is 1. The maximum Gasteiger partial charge on any atom is 0.133 e. The van der Waals surface area contributed by atoms with Gasteiger partial charge in [-0.15, -0.1) is 0 Å². The molecule has 4 heteroatoms. The first-order valence-electron chi connectivity index (χ1n) is 4.89. The van der Waals surface area contributed by atoms with Crippen LogP contribution in [0.4, 0.5) is 0 Å². The molecule has 0 saturated carbocycles. The Kier molecular flexibility index (Phi) is 4.08. The van der Waals surface area contributed by atoms with Crippen molar-refractivity contribution in [2.24, 2.45) is 0 Å². The molecule has 0 radical (unpaired) electrons. The predicted octanol–water partition coefficient (Wildman–Crippen LogP) is 1.94. The van der Waals surface area contributed by atoms with Crippen molar-refractivity contribution in [3.63, 3.8) is 0 Å². The van der Waals surface area contributed by atoms with Crippen LogP contribution >= 0.6 is 11.6 Å². The van der Waals surface area contributed by atoms with Gasteiger partial charge in [-0.1, -0.05) is 17.7 Å². The summed E-state index contributed by atoms with van der Waals surface area (Å²) in [4.78, 5) is 6.07. The number of halogens is 1. The van der Waals surface area contributed by atoms with Crippen molar-refractivity contribution in [2.45, 2.75) is 25.9 Å². The molecule has 0 amide bonds. The molecule has 15 heavy (non-hydrogen) atoms. The van der Waals surface area contributed by atoms with Gasteiger partial charge in [-0.05, 0) is 27.0 Å². The molecule has 0 fully saturated rings. The van der Waals surface area contributed by atoms with E-state index in [1.165, 1.54) is 0 Å². The zero-order chi connectivity index (χ0) is 11.5. The van der Waals surface area contributed by atoms with Crippen LogP contribution in [0.15, 0.2) is 18.3 Å². The molecule has 0 unspecified atom stereocenters. The SMILES string of the molecule is CN(Cc1cccnc1Cl)C(C)(C)CO. The number of hydrogen-bond acceptors (Lipinski definition) is 3. The second-order valence-electron chi connectivity index (χ2n) is 4.28. The van der Waals surface area contributed by atoms with Crippen molar-refractivity contribution in [3.8, 4) is 0 Å². The molecule has 1 rings (SSSR count). The molecule has 0 bridgehead atoms. The highest BCUT2D eigenvalue weighted by Crippen LogP contribution is 2.18. The van der Waals surface area contributed by atoms with Gasteiger partial charge in [0.05, 0.1) is 6.61 Å². The first kappa shape index (κ1) is 12.4. The largest absolute Gasteiger partial charge is 0.394 e. The van der Waals surface area contributed by atoms with Crippen LogP contribution in [0.3, 0.4) is 0 Å². The number of hydrogen-bond donors (Lipinski definition) is 1. The Bertz CT molecular complexity index is 328. The van der Waals surface area contributed by atoms with Gasteiger partial charge >= 0.3 is 0 Å². The van der Waals surface area contributed by atoms with Crippen molar-refractivity contribution in [3.05, 3.63) is 29.0 Å². The number of nitrogens with zero attached hydrogens (tertiary/aromatic N) is 2. The van der Waals surface area contributed by atoms with Crippen LogP contribution in [0, 0.1) is 0 Å². The smallest absolute Gasteiger partial charge is 0.133 e. The van der Waals surface area contributed by atoms with Crippen LogP contribution < -0.4 is 0 Å². The van der Waals surface area contributed by atoms with E-state index in [0.717, 1.165) is 5.56 Å². The van der Waals surface area contributed by atoms with Gasteiger partial charge in [0, 0.05) is 23.8 Å². The summed E-state index contributed by atoms with van der Waals surface area (Å²) in [5, 5.41) is 9.75. The van der Waals surface area contributed by atoms with E-state index in [-0.39, 0.29) is 12.1 Å². The molecule has 0 atom stereocenters. The first-order valence-corrected chi connectivity index (χ1v) is 5.26. The Balaban J connectivity index is 2.75. The normalized spacial score (nSPS) is 12.1. The fraction of sp³-hybridized carbons (Fsp3) is 0.545. The zero-order valence-electron chi connectivity index (χ0n) is 9.37. The molecule has 84 valence electrons. The van der Waals surface area contributed by atoms with Gasteiger partial charge in [0.2, 0.25) is 0 Å². The van der Waals surface area contributed by atoms with Gasteiger partial charge in [-0.3, -0.25) is 4.90 Å². The minimum atomic E-state index is -0.251. The topological polar surface area (TPSA) is 36.4 Å². The third-order valence-corrected chi connectivity index (χ3v) is 3.00. The molecule has 1 aromatic rings. The monoisotopic (exact) mass is 228 g/mol. The highest BCUT2D eigenvalue weighted by Gasteiger charge is 2.22. The Hall–Kier alpha value is -0.640. The molecule has 0 aliphatic heterocycles. The van der Waals surface area contributed by atoms with E-state index in [4.69, 9.17) is 11.6 Å². The first-order chi connectivity index (χ1) is 6.97. The van der Waals surface area contributed by atoms with Gasteiger partial charge in [0.25, 0.3) is 0 Å². The van der Waals surface area contributed by atoms with Crippen molar-refractivity contribution < 1.29 is 5.11 Å². The fourth-order valence-electron chi connectivity index (χ4n) is 1.13. The standard InChI is InChI=1S/C11H17ClN2O/c1-11(2,8-15)14(3)7-9-5-4-6-13-10(9)12/h4-6,15H,7-8H2,1-3H3. The summed E-state index contributed by atoms with van der Waals surface area (Å²) in [6.07, 6.45) is 1.67. The summed E-state index contributed by atoms with van der Waals surface area (Å²) in [6.45, 7) is 4.76. The number of rotatable bonds is 4. The van der Waals surface area contributed by atoms with E-state index >= 15 is 0 Å². The molecule has 1 N–H and O–H groups in total. The maximum atomic E-state index is 9.22. The molecule has 0 saturated heterocycles. The van der Waals surface area contributed by atoms with Crippen molar-refractivity contribution in [1.29, 1.82) is 0 Å². The van der Waals surface area contributed by atoms with Gasteiger partial charge in [0.1, 0.15) is 5.15 Å². The Morgan fingerprint density at radius 1 is 1.53 bits per heavy atom. The lowest BCUT2D eigenvalue weighted by Gasteiger charge is -2.33. The van der Waals surface area contributed by atoms with Crippen LogP contribution in [-0.4, -0.2) is 34.2 Å². The second-order valence-corrected chi connectivity index (χ2v) is 4.64. The van der Waals surface area contributed by atoms with Crippen LogP contribution in [0.25, 0.3) is 0 Å². The molecule has 3 nitrogen and oxygen atoms in total. The summed E-state index contributed by atoms with van der Waals surface area (Å²) in [5.41, 5.74) is 0.724. The fourth-order valence-corrected chi connectivity index (χ4v) is 1.31. The molecule has 0 aliphatic rings. The summed E-state index contributed by atoms with van der Waals surface area (Å²) < 4.78 is 0. The maximum absolute atomic E-state index is 9.22. The number of pyridine rings is 1. The van der Waals surface area contributed by atoms with Gasteiger partial charge < -0.3 is 5.11 Å². The van der Waals surface area contributed by atoms with Crippen LogP contribution in [-0.2, 0) is 6.54 Å². The van der Waals surface area contributed by atoms with E-state index in [1.54, 1.807) is 6.20 Å². The summed E-state index contributed by atoms with van der Waals surface area (Å²) in [7, 11) is 1.96. The van der Waals surface area contributed by atoms with E-state index in [1.807, 2.05) is 33.0 Å². The summed E-state index contributed by atoms with van der Waals surface area (Å²) in [5.74, 6) is 0. The van der Waals surface area contributed by atoms with E-state index < -0.39 is 0 Å². The molecule has 1 aromatic heterocycles. The Morgan fingerprint density at radius 3 is 2.73 bits per heavy atom. The number of likely N-dealkylation sites (N-methyl/N-ethyl adjacent to an activating group) is 1. The lowest BCUT2D eigenvalue weighted by Crippen LogP contribution is -2.43. The average molecular weight is 229 g/mol. The predicted molar refractivity (Wildman–Crippen MR) is 61.9 cm³/mol.